The maximum Gasteiger partial charge on any atom is 0.256 e. The Bertz CT molecular complexity index is 2100. The average molecular weight is 533 g/mol. The van der Waals surface area contributed by atoms with Crippen LogP contribution in [0.5, 0.6) is 23.0 Å². The molecule has 198 valence electrons. The quantitative estimate of drug-likeness (QED) is 0.251. The molecule has 2 N–H and O–H groups in total. The fourth-order valence-corrected chi connectivity index (χ4v) is 6.52. The van der Waals surface area contributed by atoms with E-state index in [0.717, 1.165) is 66.0 Å². The molecule has 0 unspecified atom stereocenters. The van der Waals surface area contributed by atoms with Crippen LogP contribution < -0.4 is 30.1 Å². The molecule has 0 atom stereocenters. The zero-order chi connectivity index (χ0) is 27.4. The Labute approximate surface area is 227 Å². The maximum atomic E-state index is 13.3. The molecule has 0 saturated heterocycles. The highest BCUT2D eigenvalue weighted by Gasteiger charge is 2.25. The molecule has 8 rings (SSSR count). The lowest BCUT2D eigenvalue weighted by Crippen LogP contribution is -2.10. The van der Waals surface area contributed by atoms with E-state index in [9.17, 15) is 9.59 Å². The number of fused-ring (bicyclic) bond motifs is 8. The number of hydrogen-bond donors (Lipinski definition) is 2. The number of H-pyrrole nitrogens is 2. The zero-order valence-corrected chi connectivity index (χ0v) is 22.3. The van der Waals surface area contributed by atoms with Crippen LogP contribution in [0.15, 0.2) is 46.0 Å². The third-order valence-electron chi connectivity index (χ3n) is 8.22. The van der Waals surface area contributed by atoms with Crippen LogP contribution in [0.2, 0.25) is 0 Å². The first-order chi connectivity index (χ1) is 19.3. The van der Waals surface area contributed by atoms with Crippen LogP contribution in [0.3, 0.4) is 0 Å². The lowest BCUT2D eigenvalue weighted by Gasteiger charge is -2.21. The maximum absolute atomic E-state index is 13.3. The van der Waals surface area contributed by atoms with Crippen LogP contribution in [0.1, 0.15) is 22.3 Å². The van der Waals surface area contributed by atoms with E-state index in [0.29, 0.717) is 33.8 Å². The number of aromatic amines is 2. The predicted molar refractivity (Wildman–Crippen MR) is 154 cm³/mol. The Morgan fingerprint density at radius 1 is 0.500 bits per heavy atom. The van der Waals surface area contributed by atoms with Gasteiger partial charge in [0.25, 0.3) is 11.1 Å². The van der Waals surface area contributed by atoms with Crippen molar-refractivity contribution in [2.75, 3.05) is 13.6 Å². The molecule has 0 fully saturated rings. The number of rotatable bonds is 1. The molecule has 6 aromatic rings. The Morgan fingerprint density at radius 3 is 1.23 bits per heavy atom. The molecular weight excluding hydrogens is 508 g/mol. The summed E-state index contributed by atoms with van der Waals surface area (Å²) in [6, 6.07) is 11.5. The highest BCUT2D eigenvalue weighted by atomic mass is 16.7. The largest absolute Gasteiger partial charge is 0.454 e. The molecule has 0 spiro atoms. The molecule has 0 radical (unpaired) electrons. The van der Waals surface area contributed by atoms with Gasteiger partial charge in [-0.25, -0.2) is 0 Å². The van der Waals surface area contributed by atoms with Gasteiger partial charge < -0.3 is 28.9 Å². The number of ether oxygens (including phenoxy) is 4. The van der Waals surface area contributed by atoms with E-state index in [4.69, 9.17) is 18.9 Å². The van der Waals surface area contributed by atoms with Gasteiger partial charge in [-0.2, -0.15) is 0 Å². The molecule has 40 heavy (non-hydrogen) atoms. The first-order valence-corrected chi connectivity index (χ1v) is 13.1. The lowest BCUT2D eigenvalue weighted by molar-refractivity contribution is 0.173. The summed E-state index contributed by atoms with van der Waals surface area (Å²) >= 11 is 0. The molecule has 0 bridgehead atoms. The SMILES string of the molecule is Cc1cc(C)c2[nH]c(=O)c3cc4c(cc3c2c1-c1c(C)cc(C)c2[nH]c(=O)c3cc5c(cc3c12)OCO5)OCO4. The highest BCUT2D eigenvalue weighted by Crippen LogP contribution is 2.46. The minimum atomic E-state index is -0.188. The second-order valence-corrected chi connectivity index (χ2v) is 10.7. The third-order valence-corrected chi connectivity index (χ3v) is 8.22. The Kier molecular flexibility index (Phi) is 4.47. The number of hydrogen-bond acceptors (Lipinski definition) is 6. The minimum Gasteiger partial charge on any atom is -0.454 e. The molecule has 2 aromatic heterocycles. The first kappa shape index (κ1) is 23.0. The van der Waals surface area contributed by atoms with Crippen molar-refractivity contribution in [3.63, 3.8) is 0 Å². The number of aromatic nitrogens is 2. The lowest BCUT2D eigenvalue weighted by atomic mass is 9.84. The minimum absolute atomic E-state index is 0.115. The summed E-state index contributed by atoms with van der Waals surface area (Å²) in [6.07, 6.45) is 0. The Morgan fingerprint density at radius 2 is 0.850 bits per heavy atom. The summed E-state index contributed by atoms with van der Waals surface area (Å²) in [7, 11) is 0. The van der Waals surface area contributed by atoms with Crippen molar-refractivity contribution in [1.82, 2.24) is 9.97 Å². The van der Waals surface area contributed by atoms with Crippen LogP contribution in [0, 0.1) is 27.7 Å². The zero-order valence-electron chi connectivity index (χ0n) is 22.3. The van der Waals surface area contributed by atoms with Crippen LogP contribution in [0.25, 0.3) is 54.5 Å². The number of pyridine rings is 2. The summed E-state index contributed by atoms with van der Waals surface area (Å²) in [5, 5.41) is 4.45. The molecular formula is C32H24N2O6. The molecule has 4 heterocycles. The van der Waals surface area contributed by atoms with Gasteiger partial charge in [0, 0.05) is 21.5 Å². The van der Waals surface area contributed by atoms with Gasteiger partial charge in [0.1, 0.15) is 0 Å². The van der Waals surface area contributed by atoms with Gasteiger partial charge in [0.2, 0.25) is 13.6 Å². The van der Waals surface area contributed by atoms with Crippen molar-refractivity contribution in [3.05, 3.63) is 79.4 Å². The van der Waals surface area contributed by atoms with Crippen LogP contribution in [-0.2, 0) is 0 Å². The second kappa shape index (κ2) is 7.79. The van der Waals surface area contributed by atoms with E-state index in [1.807, 2.05) is 26.0 Å². The molecule has 0 amide bonds. The number of benzene rings is 4. The molecule has 0 saturated carbocycles. The van der Waals surface area contributed by atoms with E-state index in [2.05, 4.69) is 35.9 Å². The van der Waals surface area contributed by atoms with Crippen molar-refractivity contribution in [3.8, 4) is 34.1 Å². The molecule has 2 aliphatic rings. The molecule has 8 nitrogen and oxygen atoms in total. The summed E-state index contributed by atoms with van der Waals surface area (Å²) in [4.78, 5) is 32.9. The van der Waals surface area contributed by atoms with Crippen LogP contribution in [-0.4, -0.2) is 23.6 Å². The first-order valence-electron chi connectivity index (χ1n) is 13.1. The van der Waals surface area contributed by atoms with Gasteiger partial charge in [-0.1, -0.05) is 12.1 Å². The summed E-state index contributed by atoms with van der Waals surface area (Å²) in [5.41, 5.74) is 7.12. The van der Waals surface area contributed by atoms with Crippen molar-refractivity contribution in [1.29, 1.82) is 0 Å². The fourth-order valence-electron chi connectivity index (χ4n) is 6.52. The molecule has 2 aliphatic heterocycles. The Hall–Kier alpha value is -4.98. The average Bonchev–Trinajstić information content (AvgIpc) is 3.58. The van der Waals surface area contributed by atoms with E-state index in [1.54, 1.807) is 12.1 Å². The third kappa shape index (κ3) is 2.96. The van der Waals surface area contributed by atoms with Gasteiger partial charge in [0.05, 0.1) is 21.8 Å². The van der Waals surface area contributed by atoms with E-state index in [-0.39, 0.29) is 24.7 Å². The molecule has 4 aromatic carbocycles. The summed E-state index contributed by atoms with van der Waals surface area (Å²) in [6.45, 7) is 8.40. The van der Waals surface area contributed by atoms with Gasteiger partial charge in [-0.3, -0.25) is 9.59 Å². The number of aryl methyl sites for hydroxylation is 4. The van der Waals surface area contributed by atoms with Gasteiger partial charge in [-0.15, -0.1) is 0 Å². The number of nitrogens with one attached hydrogen (secondary N) is 2. The highest BCUT2D eigenvalue weighted by molar-refractivity contribution is 6.22. The smallest absolute Gasteiger partial charge is 0.256 e. The van der Waals surface area contributed by atoms with Crippen molar-refractivity contribution >= 4 is 43.4 Å². The molecule has 0 aliphatic carbocycles. The summed E-state index contributed by atoms with van der Waals surface area (Å²) < 4.78 is 22.6. The van der Waals surface area contributed by atoms with Crippen molar-refractivity contribution in [2.45, 2.75) is 27.7 Å². The van der Waals surface area contributed by atoms with Crippen molar-refractivity contribution < 1.29 is 18.9 Å². The van der Waals surface area contributed by atoms with Crippen LogP contribution >= 0.6 is 0 Å². The predicted octanol–water partition coefficient (Wildman–Crippen LogP) is 6.03. The van der Waals surface area contributed by atoms with Gasteiger partial charge in [0.15, 0.2) is 23.0 Å². The summed E-state index contributed by atoms with van der Waals surface area (Å²) in [5.74, 6) is 2.33. The Balaban J connectivity index is 1.63. The van der Waals surface area contributed by atoms with Crippen molar-refractivity contribution in [2.24, 2.45) is 0 Å². The van der Waals surface area contributed by atoms with E-state index < -0.39 is 0 Å². The van der Waals surface area contributed by atoms with Crippen LogP contribution in [0.4, 0.5) is 0 Å². The second-order valence-electron chi connectivity index (χ2n) is 10.7. The fraction of sp³-hybridized carbons (Fsp3) is 0.188. The molecule has 8 heteroatoms. The monoisotopic (exact) mass is 532 g/mol. The van der Waals surface area contributed by atoms with Gasteiger partial charge in [-0.05, 0) is 85.3 Å². The topological polar surface area (TPSA) is 103 Å². The van der Waals surface area contributed by atoms with E-state index >= 15 is 0 Å². The van der Waals surface area contributed by atoms with Gasteiger partial charge >= 0.3 is 0 Å². The normalized spacial score (nSPS) is 13.8. The standard InChI is InChI=1S/C32H24N2O6/c1-13-5-15(3)29-27(17-7-21-23(39-11-37-21)9-19(17)31(35)33-29)25(13)26-14(2)6-16(4)30-28(26)18-8-22-24(40-12-38-22)10-20(18)32(36)34-30/h5-10H,11-12H2,1-4H3,(H,33,35)(H,34,36). The van der Waals surface area contributed by atoms with E-state index in [1.165, 1.54) is 0 Å².